The van der Waals surface area contributed by atoms with Crippen LogP contribution in [0.15, 0.2) is 18.2 Å². The number of amides is 2. The van der Waals surface area contributed by atoms with E-state index in [0.717, 1.165) is 12.1 Å². The van der Waals surface area contributed by atoms with Gasteiger partial charge in [0.2, 0.25) is 0 Å². The Kier molecular flexibility index (Phi) is 4.45. The van der Waals surface area contributed by atoms with E-state index in [2.05, 4.69) is 10.6 Å². The molecule has 3 nitrogen and oxygen atoms in total. The number of hydrogen-bond donors (Lipinski definition) is 2. The van der Waals surface area contributed by atoms with Crippen LogP contribution >= 0.6 is 11.6 Å². The van der Waals surface area contributed by atoms with E-state index in [4.69, 9.17) is 11.6 Å². The number of rotatable bonds is 2. The van der Waals surface area contributed by atoms with Crippen molar-refractivity contribution in [2.24, 2.45) is 0 Å². The zero-order valence-electron chi connectivity index (χ0n) is 9.73. The van der Waals surface area contributed by atoms with Gasteiger partial charge in [-0.25, -0.2) is 4.79 Å². The van der Waals surface area contributed by atoms with Crippen molar-refractivity contribution in [2.75, 3.05) is 5.32 Å². The highest BCUT2D eigenvalue weighted by Crippen LogP contribution is 2.36. The summed E-state index contributed by atoms with van der Waals surface area (Å²) >= 11 is 5.45. The van der Waals surface area contributed by atoms with Crippen molar-refractivity contribution in [1.82, 2.24) is 5.32 Å². The van der Waals surface area contributed by atoms with Gasteiger partial charge in [0.15, 0.2) is 0 Å². The fourth-order valence-electron chi connectivity index (χ4n) is 1.25. The van der Waals surface area contributed by atoms with Crippen LogP contribution in [0.5, 0.6) is 0 Å². The Bertz CT molecular complexity index is 446. The molecular formula is C11H12ClF3N2O. The molecule has 18 heavy (non-hydrogen) atoms. The molecule has 0 saturated carbocycles. The van der Waals surface area contributed by atoms with E-state index in [1.165, 1.54) is 6.07 Å². The van der Waals surface area contributed by atoms with Gasteiger partial charge in [-0.2, -0.15) is 13.2 Å². The Hall–Kier alpha value is -1.43. The average Bonchev–Trinajstić information content (AvgIpc) is 2.17. The molecule has 0 aromatic heterocycles. The predicted octanol–water partition coefficient (Wildman–Crippen LogP) is 3.89. The van der Waals surface area contributed by atoms with Gasteiger partial charge in [0.05, 0.1) is 10.6 Å². The number of carbonyl (C=O) groups is 1. The van der Waals surface area contributed by atoms with Crippen molar-refractivity contribution in [1.29, 1.82) is 0 Å². The van der Waals surface area contributed by atoms with Gasteiger partial charge in [0.25, 0.3) is 0 Å². The van der Waals surface area contributed by atoms with Gasteiger partial charge < -0.3 is 10.6 Å². The zero-order valence-corrected chi connectivity index (χ0v) is 10.5. The lowest BCUT2D eigenvalue weighted by Crippen LogP contribution is -2.34. The van der Waals surface area contributed by atoms with Gasteiger partial charge in [0, 0.05) is 11.7 Å². The Morgan fingerprint density at radius 1 is 1.33 bits per heavy atom. The second kappa shape index (κ2) is 5.48. The summed E-state index contributed by atoms with van der Waals surface area (Å²) in [5.74, 6) is 0. The summed E-state index contributed by atoms with van der Waals surface area (Å²) in [4.78, 5) is 11.3. The quantitative estimate of drug-likeness (QED) is 0.848. The highest BCUT2D eigenvalue weighted by atomic mass is 35.5. The smallest absolute Gasteiger partial charge is 0.336 e. The number of benzene rings is 1. The molecule has 0 aliphatic heterocycles. The van der Waals surface area contributed by atoms with Crippen LogP contribution in [0.4, 0.5) is 23.7 Å². The second-order valence-electron chi connectivity index (χ2n) is 3.95. The normalized spacial score (nSPS) is 11.5. The number of hydrogen-bond acceptors (Lipinski definition) is 1. The molecule has 0 fully saturated rings. The summed E-state index contributed by atoms with van der Waals surface area (Å²) in [6, 6.07) is 2.51. The van der Waals surface area contributed by atoms with E-state index in [1.807, 2.05) is 0 Å². The highest BCUT2D eigenvalue weighted by Gasteiger charge is 2.33. The Morgan fingerprint density at radius 3 is 2.44 bits per heavy atom. The van der Waals surface area contributed by atoms with E-state index in [0.29, 0.717) is 0 Å². The number of anilines is 1. The standard InChI is InChI=1S/C11H12ClF3N2O/c1-6(2)16-10(18)17-7-3-4-9(12)8(5-7)11(13,14)15/h3-6H,1-2H3,(H2,16,17,18). The fourth-order valence-corrected chi connectivity index (χ4v) is 1.47. The van der Waals surface area contributed by atoms with Gasteiger partial charge in [-0.05, 0) is 32.0 Å². The third-order valence-electron chi connectivity index (χ3n) is 1.95. The van der Waals surface area contributed by atoms with E-state index in [9.17, 15) is 18.0 Å². The van der Waals surface area contributed by atoms with E-state index >= 15 is 0 Å². The predicted molar refractivity (Wildman–Crippen MR) is 63.7 cm³/mol. The molecule has 1 rings (SSSR count). The first kappa shape index (κ1) is 14.6. The first-order chi connectivity index (χ1) is 8.20. The molecule has 1 aromatic carbocycles. The number of alkyl halides is 3. The van der Waals surface area contributed by atoms with Gasteiger partial charge in [-0.1, -0.05) is 11.6 Å². The van der Waals surface area contributed by atoms with Gasteiger partial charge in [-0.3, -0.25) is 0 Å². The number of urea groups is 1. The summed E-state index contributed by atoms with van der Waals surface area (Å²) in [5.41, 5.74) is -0.948. The van der Waals surface area contributed by atoms with Crippen molar-refractivity contribution in [2.45, 2.75) is 26.1 Å². The summed E-state index contributed by atoms with van der Waals surface area (Å²) in [6.45, 7) is 3.48. The molecule has 100 valence electrons. The van der Waals surface area contributed by atoms with Crippen molar-refractivity contribution < 1.29 is 18.0 Å². The number of carbonyl (C=O) groups excluding carboxylic acids is 1. The minimum absolute atomic E-state index is 0.0323. The SMILES string of the molecule is CC(C)NC(=O)Nc1ccc(Cl)c(C(F)(F)F)c1. The first-order valence-electron chi connectivity index (χ1n) is 5.14. The Morgan fingerprint density at radius 2 is 1.94 bits per heavy atom. The summed E-state index contributed by atoms with van der Waals surface area (Å²) in [5, 5.41) is 4.40. The van der Waals surface area contributed by atoms with Crippen LogP contribution in [0.1, 0.15) is 19.4 Å². The maximum Gasteiger partial charge on any atom is 0.417 e. The zero-order chi connectivity index (χ0) is 13.9. The lowest BCUT2D eigenvalue weighted by Gasteiger charge is -2.13. The van der Waals surface area contributed by atoms with Crippen LogP contribution in [0.25, 0.3) is 0 Å². The number of halogens is 4. The topological polar surface area (TPSA) is 41.1 Å². The van der Waals surface area contributed by atoms with Crippen molar-refractivity contribution >= 4 is 23.3 Å². The Balaban J connectivity index is 2.89. The molecule has 7 heteroatoms. The second-order valence-corrected chi connectivity index (χ2v) is 4.35. The molecular weight excluding hydrogens is 269 g/mol. The van der Waals surface area contributed by atoms with Crippen LogP contribution in [-0.2, 0) is 6.18 Å². The largest absolute Gasteiger partial charge is 0.417 e. The molecule has 2 N–H and O–H groups in total. The molecule has 0 aliphatic rings. The van der Waals surface area contributed by atoms with E-state index in [1.54, 1.807) is 13.8 Å². The summed E-state index contributed by atoms with van der Waals surface area (Å²) in [7, 11) is 0. The monoisotopic (exact) mass is 280 g/mol. The summed E-state index contributed by atoms with van der Waals surface area (Å²) < 4.78 is 37.7. The molecule has 0 heterocycles. The lowest BCUT2D eigenvalue weighted by molar-refractivity contribution is -0.137. The first-order valence-corrected chi connectivity index (χ1v) is 5.52. The van der Waals surface area contributed by atoms with Gasteiger partial charge in [-0.15, -0.1) is 0 Å². The Labute approximate surface area is 107 Å². The van der Waals surface area contributed by atoms with Crippen molar-refractivity contribution in [3.63, 3.8) is 0 Å². The van der Waals surface area contributed by atoms with Crippen LogP contribution in [0.2, 0.25) is 5.02 Å². The van der Waals surface area contributed by atoms with E-state index in [-0.39, 0.29) is 11.7 Å². The number of nitrogens with one attached hydrogen (secondary N) is 2. The molecule has 0 aliphatic carbocycles. The van der Waals surface area contributed by atoms with Crippen LogP contribution in [0.3, 0.4) is 0 Å². The highest BCUT2D eigenvalue weighted by molar-refractivity contribution is 6.31. The lowest BCUT2D eigenvalue weighted by atomic mass is 10.2. The van der Waals surface area contributed by atoms with E-state index < -0.39 is 22.8 Å². The summed E-state index contributed by atoms with van der Waals surface area (Å²) in [6.07, 6.45) is -4.55. The molecule has 2 amide bonds. The molecule has 1 aromatic rings. The van der Waals surface area contributed by atoms with Crippen molar-refractivity contribution in [3.05, 3.63) is 28.8 Å². The van der Waals surface area contributed by atoms with Crippen LogP contribution in [0, 0.1) is 0 Å². The molecule has 0 spiro atoms. The molecule has 0 unspecified atom stereocenters. The third kappa shape index (κ3) is 4.10. The average molecular weight is 281 g/mol. The molecule has 0 bridgehead atoms. The minimum Gasteiger partial charge on any atom is -0.336 e. The van der Waals surface area contributed by atoms with Gasteiger partial charge in [0.1, 0.15) is 0 Å². The van der Waals surface area contributed by atoms with Crippen molar-refractivity contribution in [3.8, 4) is 0 Å². The minimum atomic E-state index is -4.55. The van der Waals surface area contributed by atoms with Gasteiger partial charge >= 0.3 is 12.2 Å². The molecule has 0 saturated heterocycles. The molecule has 0 atom stereocenters. The van der Waals surface area contributed by atoms with Crippen LogP contribution < -0.4 is 10.6 Å². The maximum atomic E-state index is 12.6. The van der Waals surface area contributed by atoms with Crippen LogP contribution in [-0.4, -0.2) is 12.1 Å². The molecule has 0 radical (unpaired) electrons. The fraction of sp³-hybridized carbons (Fsp3) is 0.364. The third-order valence-corrected chi connectivity index (χ3v) is 2.28. The maximum absolute atomic E-state index is 12.6.